The zero-order valence-corrected chi connectivity index (χ0v) is 15.0. The molecule has 5 atom stereocenters. The molecular weight excluding hydrogens is 336 g/mol. The van der Waals surface area contributed by atoms with E-state index in [1.807, 2.05) is 32.0 Å². The van der Waals surface area contributed by atoms with Crippen LogP contribution in [0.3, 0.4) is 0 Å². The van der Waals surface area contributed by atoms with Crippen molar-refractivity contribution in [1.82, 2.24) is 10.4 Å². The van der Waals surface area contributed by atoms with Crippen LogP contribution in [0.15, 0.2) is 18.2 Å². The van der Waals surface area contributed by atoms with Crippen molar-refractivity contribution in [2.75, 3.05) is 0 Å². The Bertz CT molecular complexity index is 744. The second-order valence-electron chi connectivity index (χ2n) is 7.41. The van der Waals surface area contributed by atoms with E-state index in [1.54, 1.807) is 6.92 Å². The summed E-state index contributed by atoms with van der Waals surface area (Å²) in [6.45, 7) is 5.48. The van der Waals surface area contributed by atoms with E-state index < -0.39 is 23.8 Å². The summed E-state index contributed by atoms with van der Waals surface area (Å²) in [5.41, 5.74) is 4.50. The van der Waals surface area contributed by atoms with Gasteiger partial charge in [-0.2, -0.15) is 5.01 Å². The van der Waals surface area contributed by atoms with Gasteiger partial charge in [-0.25, -0.2) is 0 Å². The molecule has 4 rings (SSSR count). The van der Waals surface area contributed by atoms with Crippen LogP contribution in [0, 0.1) is 25.7 Å². The number of nitrogens with one attached hydrogen (secondary N) is 1. The minimum atomic E-state index is -0.842. The predicted molar refractivity (Wildman–Crippen MR) is 90.9 cm³/mol. The average molecular weight is 358 g/mol. The molecule has 0 aliphatic carbocycles. The highest BCUT2D eigenvalue weighted by atomic mass is 16.5. The first-order chi connectivity index (χ1) is 12.3. The van der Waals surface area contributed by atoms with Crippen LogP contribution in [0.4, 0.5) is 0 Å². The second-order valence-corrected chi connectivity index (χ2v) is 7.41. The molecule has 3 aliphatic heterocycles. The van der Waals surface area contributed by atoms with Crippen molar-refractivity contribution in [2.24, 2.45) is 11.8 Å². The van der Waals surface area contributed by atoms with Gasteiger partial charge in [0.25, 0.3) is 17.7 Å². The fourth-order valence-electron chi connectivity index (χ4n) is 4.28. The van der Waals surface area contributed by atoms with Crippen molar-refractivity contribution in [3.8, 4) is 5.75 Å². The maximum absolute atomic E-state index is 12.6. The van der Waals surface area contributed by atoms with Crippen LogP contribution < -0.4 is 10.2 Å². The number of ether oxygens (including phenoxy) is 2. The summed E-state index contributed by atoms with van der Waals surface area (Å²) >= 11 is 0. The topological polar surface area (TPSA) is 84.9 Å². The number of aryl methyl sites for hydroxylation is 2. The summed E-state index contributed by atoms with van der Waals surface area (Å²) in [5.74, 6) is -1.63. The third kappa shape index (κ3) is 2.67. The van der Waals surface area contributed by atoms with Gasteiger partial charge in [-0.15, -0.1) is 0 Å². The number of imide groups is 1. The second kappa shape index (κ2) is 6.09. The van der Waals surface area contributed by atoms with Crippen LogP contribution in [0.5, 0.6) is 5.75 Å². The molecule has 7 heteroatoms. The van der Waals surface area contributed by atoms with E-state index in [4.69, 9.17) is 9.47 Å². The van der Waals surface area contributed by atoms with Crippen molar-refractivity contribution in [3.05, 3.63) is 29.3 Å². The van der Waals surface area contributed by atoms with Gasteiger partial charge < -0.3 is 9.47 Å². The maximum Gasteiger partial charge on any atom is 0.279 e. The van der Waals surface area contributed by atoms with Crippen molar-refractivity contribution in [2.45, 2.75) is 51.9 Å². The fourth-order valence-corrected chi connectivity index (χ4v) is 4.28. The highest BCUT2D eigenvalue weighted by molar-refractivity contribution is 6.07. The van der Waals surface area contributed by atoms with Crippen LogP contribution in [0.2, 0.25) is 0 Å². The van der Waals surface area contributed by atoms with E-state index in [-0.39, 0.29) is 24.0 Å². The van der Waals surface area contributed by atoms with E-state index in [1.165, 1.54) is 0 Å². The van der Waals surface area contributed by atoms with Gasteiger partial charge in [0.1, 0.15) is 5.75 Å². The summed E-state index contributed by atoms with van der Waals surface area (Å²) in [5, 5.41) is 0.868. The number of rotatable bonds is 4. The van der Waals surface area contributed by atoms with E-state index >= 15 is 0 Å². The van der Waals surface area contributed by atoms with E-state index in [9.17, 15) is 14.4 Å². The highest BCUT2D eigenvalue weighted by Gasteiger charge is 2.63. The average Bonchev–Trinajstić information content (AvgIpc) is 3.23. The zero-order valence-electron chi connectivity index (χ0n) is 15.0. The number of hydrogen-bond donors (Lipinski definition) is 1. The number of carbonyl (C=O) groups excluding carboxylic acids is 3. The molecular formula is C19H22N2O5. The Hall–Kier alpha value is -2.41. The molecule has 7 nitrogen and oxygen atoms in total. The van der Waals surface area contributed by atoms with Crippen LogP contribution in [0.1, 0.15) is 30.9 Å². The predicted octanol–water partition coefficient (Wildman–Crippen LogP) is 1.26. The molecule has 3 aliphatic rings. The van der Waals surface area contributed by atoms with Crippen LogP contribution in [0.25, 0.3) is 0 Å². The number of nitrogens with zero attached hydrogens (tertiary/aromatic N) is 1. The normalized spacial score (nSPS) is 30.5. The number of carbonyl (C=O) groups is 3. The molecule has 0 aromatic heterocycles. The summed E-state index contributed by atoms with van der Waals surface area (Å²) in [7, 11) is 0. The molecule has 3 heterocycles. The fraction of sp³-hybridized carbons (Fsp3) is 0.526. The lowest BCUT2D eigenvalue weighted by Gasteiger charge is -2.21. The van der Waals surface area contributed by atoms with Gasteiger partial charge in [0.05, 0.1) is 24.0 Å². The third-order valence-electron chi connectivity index (χ3n) is 5.38. The van der Waals surface area contributed by atoms with Gasteiger partial charge in [0.15, 0.2) is 6.10 Å². The van der Waals surface area contributed by atoms with Gasteiger partial charge >= 0.3 is 0 Å². The Morgan fingerprint density at radius 3 is 2.19 bits per heavy atom. The minimum absolute atomic E-state index is 0.202. The number of hydrogen-bond acceptors (Lipinski definition) is 5. The quantitative estimate of drug-likeness (QED) is 0.819. The lowest BCUT2D eigenvalue weighted by Crippen LogP contribution is -2.51. The molecule has 1 N–H and O–H groups in total. The van der Waals surface area contributed by atoms with Crippen molar-refractivity contribution in [1.29, 1.82) is 0 Å². The van der Waals surface area contributed by atoms with E-state index in [0.29, 0.717) is 5.75 Å². The Morgan fingerprint density at radius 1 is 1.12 bits per heavy atom. The molecule has 1 aromatic carbocycles. The van der Waals surface area contributed by atoms with E-state index in [0.717, 1.165) is 29.0 Å². The first-order valence-electron chi connectivity index (χ1n) is 8.94. The van der Waals surface area contributed by atoms with Crippen molar-refractivity contribution >= 4 is 17.7 Å². The Morgan fingerprint density at radius 2 is 1.65 bits per heavy atom. The van der Waals surface area contributed by atoms with Gasteiger partial charge in [0.2, 0.25) is 0 Å². The Balaban J connectivity index is 1.43. The molecule has 0 unspecified atom stereocenters. The standard InChI is InChI=1S/C19H22N2O5/c1-9-6-10(2)8-12(7-9)25-11(3)17(22)20-21-18(23)15-13-4-5-14(26-13)16(15)19(21)24/h6-8,11,13-16H,4-5H2,1-3H3,(H,20,22)/t11-,13-,14-,15-,16+/m1/s1. The Labute approximate surface area is 151 Å². The SMILES string of the molecule is Cc1cc(C)cc(O[C@H](C)C(=O)NN2C(=O)[C@@H]3[C@H](C2=O)[C@H]2CC[C@H]3O2)c1. The number of amides is 3. The first-order valence-corrected chi connectivity index (χ1v) is 8.94. The number of benzene rings is 1. The van der Waals surface area contributed by atoms with Gasteiger partial charge in [-0.05, 0) is 56.9 Å². The smallest absolute Gasteiger partial charge is 0.279 e. The molecule has 0 saturated carbocycles. The summed E-state index contributed by atoms with van der Waals surface area (Å²) < 4.78 is 11.4. The summed E-state index contributed by atoms with van der Waals surface area (Å²) in [6, 6.07) is 5.68. The molecule has 3 amide bonds. The van der Waals surface area contributed by atoms with Crippen molar-refractivity contribution < 1.29 is 23.9 Å². The summed E-state index contributed by atoms with van der Waals surface area (Å²) in [4.78, 5) is 37.6. The first kappa shape index (κ1) is 17.0. The maximum atomic E-state index is 12.6. The molecule has 3 fully saturated rings. The van der Waals surface area contributed by atoms with Gasteiger partial charge in [-0.1, -0.05) is 6.07 Å². The molecule has 0 radical (unpaired) electrons. The summed E-state index contributed by atoms with van der Waals surface area (Å²) in [6.07, 6.45) is 0.336. The number of fused-ring (bicyclic) bond motifs is 5. The number of hydrazine groups is 1. The highest BCUT2D eigenvalue weighted by Crippen LogP contribution is 2.48. The van der Waals surface area contributed by atoms with Gasteiger partial charge in [-0.3, -0.25) is 19.8 Å². The van der Waals surface area contributed by atoms with Crippen LogP contribution in [-0.2, 0) is 19.1 Å². The molecule has 0 spiro atoms. The van der Waals surface area contributed by atoms with Crippen LogP contribution in [-0.4, -0.2) is 41.0 Å². The molecule has 1 aromatic rings. The minimum Gasteiger partial charge on any atom is -0.481 e. The monoisotopic (exact) mass is 358 g/mol. The molecule has 26 heavy (non-hydrogen) atoms. The molecule has 138 valence electrons. The van der Waals surface area contributed by atoms with Crippen LogP contribution >= 0.6 is 0 Å². The zero-order chi connectivity index (χ0) is 18.6. The molecule has 3 saturated heterocycles. The lowest BCUT2D eigenvalue weighted by molar-refractivity contribution is -0.153. The third-order valence-corrected chi connectivity index (χ3v) is 5.38. The lowest BCUT2D eigenvalue weighted by atomic mass is 9.81. The molecule has 2 bridgehead atoms. The largest absolute Gasteiger partial charge is 0.481 e. The van der Waals surface area contributed by atoms with E-state index in [2.05, 4.69) is 5.43 Å². The van der Waals surface area contributed by atoms with Crippen molar-refractivity contribution in [3.63, 3.8) is 0 Å². The van der Waals surface area contributed by atoms with Gasteiger partial charge in [0, 0.05) is 0 Å². The Kier molecular flexibility index (Phi) is 3.99.